The normalized spacial score (nSPS) is 13.4. The number of benzene rings is 8. The molecule has 7 heteroatoms. The van der Waals surface area contributed by atoms with Crippen LogP contribution in [0.4, 0.5) is 0 Å². The third kappa shape index (κ3) is 9.46. The molecule has 0 amide bonds. The maximum atomic E-state index is 15.4. The van der Waals surface area contributed by atoms with E-state index in [1.807, 2.05) is 72.8 Å². The molecular weight excluding hydrogens is 849 g/mol. The molecular formula is C56H52FeO4Si2. The first kappa shape index (κ1) is 45.3. The Morgan fingerprint density at radius 1 is 0.286 bits per heavy atom. The van der Waals surface area contributed by atoms with E-state index in [9.17, 15) is 0 Å². The number of hydrogen-bond donors (Lipinski definition) is 0. The Hall–Kier alpha value is -5.77. The first-order chi connectivity index (χ1) is 30.7. The standard InChI is InChI=1S/C48H38O2Si2.2C4H8O.Fe/c49-47-43(33-19-35-45(47)51(37-21-7-1-8-22-37,38-23-9-2-10-24-38)39-25-11-3-12-26-39)44-34-20-36-46(48(44)50)52(40-27-13-4-14-28-40,41-29-15-5-16-30-41)42-31-17-6-18-32-42;2*1-2-4-5-3-1;/h1-36,49-50H;2*1-4H2;/q;;;+2/p-2. The molecule has 8 aromatic carbocycles. The van der Waals surface area contributed by atoms with E-state index in [0.717, 1.165) is 67.9 Å². The summed E-state index contributed by atoms with van der Waals surface area (Å²) in [5, 5.41) is 38.9. The van der Waals surface area contributed by atoms with Gasteiger partial charge in [-0.3, -0.25) is 0 Å². The van der Waals surface area contributed by atoms with Gasteiger partial charge in [0.15, 0.2) is 16.1 Å². The quantitative estimate of drug-likeness (QED) is 0.135. The molecule has 0 bridgehead atoms. The molecule has 8 aromatic rings. The molecule has 0 spiro atoms. The molecule has 0 atom stereocenters. The van der Waals surface area contributed by atoms with Gasteiger partial charge in [-0.05, 0) is 67.9 Å². The molecule has 4 nitrogen and oxygen atoms in total. The van der Waals surface area contributed by atoms with Crippen LogP contribution >= 0.6 is 0 Å². The van der Waals surface area contributed by atoms with Gasteiger partial charge in [-0.1, -0.05) is 229 Å². The largest absolute Gasteiger partial charge is 2.00 e. The molecule has 2 heterocycles. The topological polar surface area (TPSA) is 64.6 Å². The molecule has 2 fully saturated rings. The minimum absolute atomic E-state index is 0. The summed E-state index contributed by atoms with van der Waals surface area (Å²) in [6.45, 7) is 4.00. The summed E-state index contributed by atoms with van der Waals surface area (Å²) in [6, 6.07) is 74.1. The fourth-order valence-electron chi connectivity index (χ4n) is 9.17. The van der Waals surface area contributed by atoms with Crippen LogP contribution in [0.25, 0.3) is 11.1 Å². The molecule has 63 heavy (non-hydrogen) atoms. The first-order valence-electron chi connectivity index (χ1n) is 21.8. The van der Waals surface area contributed by atoms with Gasteiger partial charge in [0.25, 0.3) is 0 Å². The third-order valence-corrected chi connectivity index (χ3v) is 21.6. The van der Waals surface area contributed by atoms with E-state index in [1.165, 1.54) is 25.7 Å². The van der Waals surface area contributed by atoms with Gasteiger partial charge in [-0.25, -0.2) is 0 Å². The van der Waals surface area contributed by atoms with Gasteiger partial charge in [0.2, 0.25) is 0 Å². The summed E-state index contributed by atoms with van der Waals surface area (Å²) in [7, 11) is -6.28. The molecule has 2 aliphatic rings. The Bertz CT molecular complexity index is 2200. The predicted molar refractivity (Wildman–Crippen MR) is 258 cm³/mol. The van der Waals surface area contributed by atoms with Crippen molar-refractivity contribution in [2.24, 2.45) is 0 Å². The van der Waals surface area contributed by atoms with Crippen LogP contribution in [0.5, 0.6) is 11.5 Å². The smallest absolute Gasteiger partial charge is 0.872 e. The van der Waals surface area contributed by atoms with E-state index in [1.54, 1.807) is 0 Å². The van der Waals surface area contributed by atoms with Crippen LogP contribution in [0.2, 0.25) is 0 Å². The van der Waals surface area contributed by atoms with Crippen LogP contribution in [-0.4, -0.2) is 42.6 Å². The third-order valence-electron chi connectivity index (χ3n) is 12.0. The average molecular weight is 901 g/mol. The van der Waals surface area contributed by atoms with Crippen LogP contribution in [0.3, 0.4) is 0 Å². The number of rotatable bonds is 9. The summed E-state index contributed by atoms with van der Waals surface area (Å²) < 4.78 is 9.89. The van der Waals surface area contributed by atoms with Crippen LogP contribution in [0.1, 0.15) is 25.7 Å². The molecule has 0 aromatic heterocycles. The molecule has 0 aliphatic carbocycles. The predicted octanol–water partition coefficient (Wildman–Crippen LogP) is 5.85. The summed E-state index contributed by atoms with van der Waals surface area (Å²) in [5.41, 5.74) is 0.863. The molecule has 316 valence electrons. The molecule has 0 saturated carbocycles. The maximum Gasteiger partial charge on any atom is 2.00 e. The second-order valence-electron chi connectivity index (χ2n) is 15.7. The number of hydrogen-bond acceptors (Lipinski definition) is 4. The first-order valence-corrected chi connectivity index (χ1v) is 25.8. The van der Waals surface area contributed by atoms with Crippen molar-refractivity contribution in [3.63, 3.8) is 0 Å². The maximum absolute atomic E-state index is 15.4. The van der Waals surface area contributed by atoms with Gasteiger partial charge in [0.1, 0.15) is 0 Å². The number of ether oxygens (including phenoxy) is 2. The minimum Gasteiger partial charge on any atom is -0.872 e. The van der Waals surface area contributed by atoms with Crippen molar-refractivity contribution in [2.75, 3.05) is 26.4 Å². The summed E-state index contributed by atoms with van der Waals surface area (Å²) in [4.78, 5) is 0. The number of para-hydroxylation sites is 2. The Kier molecular flexibility index (Phi) is 15.8. The van der Waals surface area contributed by atoms with E-state index < -0.39 is 16.1 Å². The Labute approximate surface area is 385 Å². The molecule has 2 aliphatic heterocycles. The van der Waals surface area contributed by atoms with Gasteiger partial charge >= 0.3 is 17.1 Å². The van der Waals surface area contributed by atoms with Crippen molar-refractivity contribution in [3.05, 3.63) is 218 Å². The zero-order valence-electron chi connectivity index (χ0n) is 35.4. The van der Waals surface area contributed by atoms with Crippen molar-refractivity contribution in [1.29, 1.82) is 0 Å². The van der Waals surface area contributed by atoms with Crippen LogP contribution < -0.4 is 51.7 Å². The summed E-state index contributed by atoms with van der Waals surface area (Å²) in [6.07, 6.45) is 5.11. The van der Waals surface area contributed by atoms with Gasteiger partial charge in [0.05, 0.1) is 0 Å². The van der Waals surface area contributed by atoms with Crippen LogP contribution in [-0.2, 0) is 26.5 Å². The molecule has 10 rings (SSSR count). The van der Waals surface area contributed by atoms with E-state index in [-0.39, 0.29) is 28.6 Å². The zero-order chi connectivity index (χ0) is 42.5. The Morgan fingerprint density at radius 2 is 0.508 bits per heavy atom. The Morgan fingerprint density at radius 3 is 0.698 bits per heavy atom. The zero-order valence-corrected chi connectivity index (χ0v) is 38.5. The van der Waals surface area contributed by atoms with Gasteiger partial charge in [-0.15, -0.1) is 11.5 Å². The van der Waals surface area contributed by atoms with Crippen molar-refractivity contribution < 1.29 is 36.8 Å². The fourth-order valence-corrected chi connectivity index (χ4v) is 18.8. The molecule has 0 radical (unpaired) electrons. The molecule has 0 unspecified atom stereocenters. The molecule has 2 saturated heterocycles. The van der Waals surface area contributed by atoms with E-state index >= 15 is 10.2 Å². The van der Waals surface area contributed by atoms with E-state index in [2.05, 4.69) is 146 Å². The SMILES string of the molecule is C1CCOC1.C1CCOC1.[Fe+2].[O-]c1c(-c2cccc([Si](c3ccccc3)(c3ccccc3)c3ccccc3)c2[O-])cccc1[Si](c1ccccc1)(c1ccccc1)c1ccccc1. The summed E-state index contributed by atoms with van der Waals surface area (Å²) in [5.74, 6) is -0.210. The molecule has 0 N–H and O–H groups in total. The van der Waals surface area contributed by atoms with Crippen LogP contribution in [0, 0.1) is 0 Å². The van der Waals surface area contributed by atoms with Crippen molar-refractivity contribution in [2.45, 2.75) is 25.7 Å². The fraction of sp³-hybridized carbons (Fsp3) is 0.143. The second kappa shape index (κ2) is 22.0. The van der Waals surface area contributed by atoms with Gasteiger partial charge < -0.3 is 19.7 Å². The van der Waals surface area contributed by atoms with Gasteiger partial charge in [0, 0.05) is 26.4 Å². The van der Waals surface area contributed by atoms with Crippen LogP contribution in [0.15, 0.2) is 218 Å². The van der Waals surface area contributed by atoms with Gasteiger partial charge in [-0.2, -0.15) is 0 Å². The van der Waals surface area contributed by atoms with E-state index in [0.29, 0.717) is 11.1 Å². The minimum atomic E-state index is -3.14. The van der Waals surface area contributed by atoms with E-state index in [4.69, 9.17) is 9.47 Å². The Balaban J connectivity index is 0.000000477. The monoisotopic (exact) mass is 900 g/mol. The summed E-state index contributed by atoms with van der Waals surface area (Å²) >= 11 is 0. The van der Waals surface area contributed by atoms with Crippen molar-refractivity contribution in [1.82, 2.24) is 0 Å². The average Bonchev–Trinajstić information content (AvgIpc) is 4.15. The van der Waals surface area contributed by atoms with Crippen molar-refractivity contribution in [3.8, 4) is 22.6 Å². The second-order valence-corrected chi connectivity index (χ2v) is 23.2. The van der Waals surface area contributed by atoms with Crippen molar-refractivity contribution >= 4 is 57.6 Å².